The lowest BCUT2D eigenvalue weighted by atomic mass is 10.4. The summed E-state index contributed by atoms with van der Waals surface area (Å²) in [4.78, 5) is 0. The SMILES string of the molecule is C=CCC1OC=C(CO)O1. The van der Waals surface area contributed by atoms with Crippen LogP contribution >= 0.6 is 0 Å². The lowest BCUT2D eigenvalue weighted by Gasteiger charge is -2.07. The van der Waals surface area contributed by atoms with E-state index in [-0.39, 0.29) is 12.9 Å². The molecule has 3 nitrogen and oxygen atoms in total. The number of aliphatic hydroxyl groups excluding tert-OH is 1. The average molecular weight is 142 g/mol. The molecule has 0 radical (unpaired) electrons. The maximum atomic E-state index is 8.55. The van der Waals surface area contributed by atoms with Crippen LogP contribution in [0.1, 0.15) is 6.42 Å². The summed E-state index contributed by atoms with van der Waals surface area (Å²) in [5.41, 5.74) is 0. The Morgan fingerprint density at radius 3 is 3.10 bits per heavy atom. The number of hydrogen-bond acceptors (Lipinski definition) is 3. The van der Waals surface area contributed by atoms with Gasteiger partial charge in [0.1, 0.15) is 12.9 Å². The highest BCUT2D eigenvalue weighted by molar-refractivity contribution is 4.93. The van der Waals surface area contributed by atoms with Crippen LogP contribution in [0.25, 0.3) is 0 Å². The Morgan fingerprint density at radius 2 is 2.60 bits per heavy atom. The van der Waals surface area contributed by atoms with Gasteiger partial charge >= 0.3 is 0 Å². The van der Waals surface area contributed by atoms with Gasteiger partial charge in [0.05, 0.1) is 0 Å². The van der Waals surface area contributed by atoms with Crippen LogP contribution < -0.4 is 0 Å². The molecule has 0 amide bonds. The monoisotopic (exact) mass is 142 g/mol. The molecule has 0 aromatic carbocycles. The van der Waals surface area contributed by atoms with Crippen LogP contribution in [0.2, 0.25) is 0 Å². The van der Waals surface area contributed by atoms with Crippen molar-refractivity contribution in [2.24, 2.45) is 0 Å². The summed E-state index contributed by atoms with van der Waals surface area (Å²) in [5, 5.41) is 8.55. The Morgan fingerprint density at radius 1 is 1.80 bits per heavy atom. The normalized spacial score (nSPS) is 22.9. The molecule has 1 unspecified atom stereocenters. The van der Waals surface area contributed by atoms with Gasteiger partial charge in [0.2, 0.25) is 6.29 Å². The van der Waals surface area contributed by atoms with E-state index in [0.717, 1.165) is 0 Å². The molecule has 1 aliphatic heterocycles. The van der Waals surface area contributed by atoms with Gasteiger partial charge in [-0.05, 0) is 0 Å². The molecule has 0 aromatic rings. The van der Waals surface area contributed by atoms with Gasteiger partial charge in [-0.1, -0.05) is 6.08 Å². The second kappa shape index (κ2) is 3.27. The fourth-order valence-corrected chi connectivity index (χ4v) is 0.690. The van der Waals surface area contributed by atoms with Crippen LogP contribution in [0.3, 0.4) is 0 Å². The summed E-state index contributed by atoms with van der Waals surface area (Å²) >= 11 is 0. The van der Waals surface area contributed by atoms with Crippen molar-refractivity contribution in [1.82, 2.24) is 0 Å². The lowest BCUT2D eigenvalue weighted by molar-refractivity contribution is -0.0334. The largest absolute Gasteiger partial charge is 0.459 e. The molecule has 0 bridgehead atoms. The van der Waals surface area contributed by atoms with E-state index in [1.807, 2.05) is 0 Å². The van der Waals surface area contributed by atoms with Crippen LogP contribution in [0.4, 0.5) is 0 Å². The zero-order valence-electron chi connectivity index (χ0n) is 5.62. The summed E-state index contributed by atoms with van der Waals surface area (Å²) in [7, 11) is 0. The second-order valence-electron chi connectivity index (χ2n) is 1.95. The maximum Gasteiger partial charge on any atom is 0.243 e. The first-order valence-electron chi connectivity index (χ1n) is 3.09. The molecule has 1 heterocycles. The molecule has 1 N–H and O–H groups in total. The van der Waals surface area contributed by atoms with Crippen molar-refractivity contribution >= 4 is 0 Å². The van der Waals surface area contributed by atoms with E-state index in [1.165, 1.54) is 6.26 Å². The highest BCUT2D eigenvalue weighted by Crippen LogP contribution is 2.15. The molecule has 0 saturated carbocycles. The smallest absolute Gasteiger partial charge is 0.243 e. The van der Waals surface area contributed by atoms with Gasteiger partial charge in [-0.3, -0.25) is 0 Å². The number of ether oxygens (including phenoxy) is 2. The minimum absolute atomic E-state index is 0.104. The first kappa shape index (κ1) is 7.15. The summed E-state index contributed by atoms with van der Waals surface area (Å²) < 4.78 is 10.0. The van der Waals surface area contributed by atoms with Crippen LogP contribution in [-0.2, 0) is 9.47 Å². The van der Waals surface area contributed by atoms with Crippen molar-refractivity contribution in [3.05, 3.63) is 24.7 Å². The van der Waals surface area contributed by atoms with E-state index in [1.54, 1.807) is 6.08 Å². The third kappa shape index (κ3) is 1.51. The molecule has 0 aliphatic carbocycles. The van der Waals surface area contributed by atoms with Gasteiger partial charge in [-0.25, -0.2) is 0 Å². The number of rotatable bonds is 3. The van der Waals surface area contributed by atoms with Gasteiger partial charge in [0, 0.05) is 6.42 Å². The summed E-state index contributed by atoms with van der Waals surface area (Å²) in [5.74, 6) is 0.479. The Balaban J connectivity index is 2.29. The van der Waals surface area contributed by atoms with Crippen LogP contribution in [-0.4, -0.2) is 18.0 Å². The van der Waals surface area contributed by atoms with E-state index in [2.05, 4.69) is 6.58 Å². The first-order chi connectivity index (χ1) is 4.86. The Bertz CT molecular complexity index is 151. The van der Waals surface area contributed by atoms with Crippen LogP contribution in [0, 0.1) is 0 Å². The van der Waals surface area contributed by atoms with Crippen molar-refractivity contribution in [1.29, 1.82) is 0 Å². The van der Waals surface area contributed by atoms with Crippen molar-refractivity contribution in [3.63, 3.8) is 0 Å². The van der Waals surface area contributed by atoms with Gasteiger partial charge < -0.3 is 14.6 Å². The molecular formula is C7H10O3. The van der Waals surface area contributed by atoms with Crippen molar-refractivity contribution in [2.75, 3.05) is 6.61 Å². The number of hydrogen-bond donors (Lipinski definition) is 1. The Hall–Kier alpha value is -0.960. The van der Waals surface area contributed by atoms with Gasteiger partial charge in [0.15, 0.2) is 5.76 Å². The van der Waals surface area contributed by atoms with Gasteiger partial charge in [-0.15, -0.1) is 6.58 Å². The molecule has 10 heavy (non-hydrogen) atoms. The molecule has 0 spiro atoms. The van der Waals surface area contributed by atoms with Crippen LogP contribution in [0.5, 0.6) is 0 Å². The molecule has 0 fully saturated rings. The van der Waals surface area contributed by atoms with Crippen LogP contribution in [0.15, 0.2) is 24.7 Å². The Kier molecular flexibility index (Phi) is 2.34. The van der Waals surface area contributed by atoms with Crippen molar-refractivity contribution in [3.8, 4) is 0 Å². The van der Waals surface area contributed by atoms with E-state index < -0.39 is 0 Å². The third-order valence-corrected chi connectivity index (χ3v) is 1.15. The zero-order valence-corrected chi connectivity index (χ0v) is 5.62. The average Bonchev–Trinajstić information content (AvgIpc) is 2.37. The van der Waals surface area contributed by atoms with Crippen molar-refractivity contribution in [2.45, 2.75) is 12.7 Å². The fraction of sp³-hybridized carbons (Fsp3) is 0.429. The molecule has 0 saturated heterocycles. The molecule has 56 valence electrons. The minimum atomic E-state index is -0.278. The fourth-order valence-electron chi connectivity index (χ4n) is 0.690. The van der Waals surface area contributed by atoms with E-state index in [4.69, 9.17) is 14.6 Å². The molecule has 1 rings (SSSR count). The lowest BCUT2D eigenvalue weighted by Crippen LogP contribution is -2.07. The molecule has 1 aliphatic rings. The molecule has 1 atom stereocenters. The number of aliphatic hydroxyl groups is 1. The third-order valence-electron chi connectivity index (χ3n) is 1.15. The van der Waals surface area contributed by atoms with E-state index >= 15 is 0 Å². The quantitative estimate of drug-likeness (QED) is 0.591. The predicted molar refractivity (Wildman–Crippen MR) is 35.9 cm³/mol. The Labute approximate surface area is 59.6 Å². The van der Waals surface area contributed by atoms with E-state index in [9.17, 15) is 0 Å². The summed E-state index contributed by atoms with van der Waals surface area (Å²) in [6.45, 7) is 3.43. The second-order valence-corrected chi connectivity index (χ2v) is 1.95. The van der Waals surface area contributed by atoms with Crippen molar-refractivity contribution < 1.29 is 14.6 Å². The predicted octanol–water partition coefficient (Wildman–Crippen LogP) is 0.769. The highest BCUT2D eigenvalue weighted by Gasteiger charge is 2.16. The highest BCUT2D eigenvalue weighted by atomic mass is 16.7. The van der Waals surface area contributed by atoms with E-state index in [0.29, 0.717) is 12.2 Å². The zero-order chi connectivity index (χ0) is 7.40. The van der Waals surface area contributed by atoms with Gasteiger partial charge in [-0.2, -0.15) is 0 Å². The minimum Gasteiger partial charge on any atom is -0.459 e. The molecular weight excluding hydrogens is 132 g/mol. The maximum absolute atomic E-state index is 8.55. The van der Waals surface area contributed by atoms with Gasteiger partial charge in [0.25, 0.3) is 0 Å². The topological polar surface area (TPSA) is 38.7 Å². The molecule has 0 aromatic heterocycles. The molecule has 3 heteroatoms. The summed E-state index contributed by atoms with van der Waals surface area (Å²) in [6, 6.07) is 0. The first-order valence-corrected chi connectivity index (χ1v) is 3.09. The summed E-state index contributed by atoms with van der Waals surface area (Å²) in [6.07, 6.45) is 3.49. The standard InChI is InChI=1S/C7H10O3/c1-2-3-7-9-5-6(4-8)10-7/h2,5,7-8H,1,3-4H2.